The Morgan fingerprint density at radius 1 is 1.38 bits per heavy atom. The molecule has 0 bridgehead atoms. The Morgan fingerprint density at radius 3 is 2.92 bits per heavy atom. The lowest BCUT2D eigenvalue weighted by atomic mass is 9.73. The first kappa shape index (κ1) is 18.3. The number of amides is 3. The number of hydrogen-bond donors (Lipinski definition) is 1. The molecule has 2 fully saturated rings. The van der Waals surface area contributed by atoms with Crippen molar-refractivity contribution in [1.82, 2.24) is 30.4 Å². The molecule has 3 amide bonds. The average Bonchev–Trinajstić information content (AvgIpc) is 3.15. The van der Waals surface area contributed by atoms with Gasteiger partial charge in [0.15, 0.2) is 12.4 Å². The normalized spacial score (nSPS) is 25.6. The number of nitrogens with zero attached hydrogens (tertiary/aromatic N) is 5. The number of carbonyl (C=O) groups excluding carboxylic acids is 3. The molecule has 3 rings (SSSR count). The third-order valence-corrected chi connectivity index (χ3v) is 5.19. The molecule has 2 atom stereocenters. The van der Waals surface area contributed by atoms with E-state index in [2.05, 4.69) is 20.8 Å². The number of carbonyl (C=O) groups is 3. The third kappa shape index (κ3) is 3.27. The second kappa shape index (κ2) is 7.38. The summed E-state index contributed by atoms with van der Waals surface area (Å²) in [5.74, 6) is -0.523. The number of nitrogens with one attached hydrogen (secondary N) is 1. The molecule has 1 aromatic heterocycles. The van der Waals surface area contributed by atoms with Gasteiger partial charge in [-0.25, -0.2) is 9.48 Å². The maximum atomic E-state index is 12.8. The van der Waals surface area contributed by atoms with Crippen LogP contribution in [0.15, 0.2) is 0 Å². The van der Waals surface area contributed by atoms with Gasteiger partial charge in [0.2, 0.25) is 0 Å². The monoisotopic (exact) mass is 364 g/mol. The van der Waals surface area contributed by atoms with Gasteiger partial charge in [-0.1, -0.05) is 26.7 Å². The number of hydrogen-bond acceptors (Lipinski definition) is 7. The summed E-state index contributed by atoms with van der Waals surface area (Å²) in [7, 11) is 0. The van der Waals surface area contributed by atoms with Crippen LogP contribution in [-0.2, 0) is 27.5 Å². The molecule has 1 aliphatic carbocycles. The minimum absolute atomic E-state index is 0.0485. The highest BCUT2D eigenvalue weighted by Crippen LogP contribution is 2.38. The molecule has 1 saturated carbocycles. The van der Waals surface area contributed by atoms with Gasteiger partial charge >= 0.3 is 12.0 Å². The van der Waals surface area contributed by atoms with Gasteiger partial charge in [-0.2, -0.15) is 0 Å². The second-order valence-electron chi connectivity index (χ2n) is 6.92. The fourth-order valence-electron chi connectivity index (χ4n) is 3.67. The highest BCUT2D eigenvalue weighted by molar-refractivity contribution is 6.08. The Balaban J connectivity index is 1.59. The summed E-state index contributed by atoms with van der Waals surface area (Å²) < 4.78 is 6.71. The molecule has 1 saturated heterocycles. The Kier molecular flexibility index (Phi) is 5.19. The Labute approximate surface area is 151 Å². The predicted octanol–water partition coefficient (Wildman–Crippen LogP) is 0.627. The summed E-state index contributed by atoms with van der Waals surface area (Å²) >= 11 is 0. The summed E-state index contributed by atoms with van der Waals surface area (Å²) in [5, 5.41) is 14.0. The molecular formula is C16H24N6O4. The van der Waals surface area contributed by atoms with E-state index in [4.69, 9.17) is 4.74 Å². The SMILES string of the molecule is CCCn1nnnc1COC(=O)CN1C(=O)N[C@@]2(CCCC[C@H]2C)C1=O. The number of ether oxygens (including phenoxy) is 1. The first-order chi connectivity index (χ1) is 12.5. The molecule has 2 aliphatic rings. The fraction of sp³-hybridized carbons (Fsp3) is 0.750. The number of imide groups is 1. The van der Waals surface area contributed by atoms with Crippen LogP contribution in [0, 0.1) is 5.92 Å². The van der Waals surface area contributed by atoms with E-state index in [1.807, 2.05) is 13.8 Å². The number of aromatic nitrogens is 4. The molecule has 1 aliphatic heterocycles. The number of rotatable bonds is 6. The van der Waals surface area contributed by atoms with Crippen LogP contribution in [0.25, 0.3) is 0 Å². The van der Waals surface area contributed by atoms with Gasteiger partial charge in [0, 0.05) is 6.54 Å². The topological polar surface area (TPSA) is 119 Å². The van der Waals surface area contributed by atoms with E-state index in [9.17, 15) is 14.4 Å². The van der Waals surface area contributed by atoms with Gasteiger partial charge in [0.05, 0.1) is 0 Å². The third-order valence-electron chi connectivity index (χ3n) is 5.19. The number of urea groups is 1. The first-order valence-electron chi connectivity index (χ1n) is 9.02. The van der Waals surface area contributed by atoms with E-state index in [0.29, 0.717) is 18.8 Å². The van der Waals surface area contributed by atoms with Gasteiger partial charge in [-0.05, 0) is 35.6 Å². The summed E-state index contributed by atoms with van der Waals surface area (Å²) in [6.07, 6.45) is 4.25. The van der Waals surface area contributed by atoms with Crippen molar-refractivity contribution in [2.75, 3.05) is 6.54 Å². The summed E-state index contributed by atoms with van der Waals surface area (Å²) in [6, 6.07) is -0.531. The van der Waals surface area contributed by atoms with E-state index in [1.54, 1.807) is 4.68 Å². The van der Waals surface area contributed by atoms with Crippen LogP contribution in [0.4, 0.5) is 4.79 Å². The fourth-order valence-corrected chi connectivity index (χ4v) is 3.67. The zero-order valence-corrected chi connectivity index (χ0v) is 15.1. The Hall–Kier alpha value is -2.52. The molecule has 0 radical (unpaired) electrons. The molecule has 26 heavy (non-hydrogen) atoms. The molecule has 10 heteroatoms. The van der Waals surface area contributed by atoms with Crippen LogP contribution in [-0.4, -0.2) is 55.1 Å². The van der Waals surface area contributed by atoms with Crippen molar-refractivity contribution in [3.8, 4) is 0 Å². The van der Waals surface area contributed by atoms with Gasteiger partial charge < -0.3 is 10.1 Å². The van der Waals surface area contributed by atoms with Gasteiger partial charge in [-0.15, -0.1) is 5.10 Å². The minimum Gasteiger partial charge on any atom is -0.456 e. The lowest BCUT2D eigenvalue weighted by Crippen LogP contribution is -2.54. The van der Waals surface area contributed by atoms with Crippen molar-refractivity contribution in [1.29, 1.82) is 0 Å². The molecule has 1 aromatic rings. The van der Waals surface area contributed by atoms with E-state index in [0.717, 1.165) is 30.6 Å². The summed E-state index contributed by atoms with van der Waals surface area (Å²) in [4.78, 5) is 38.2. The van der Waals surface area contributed by atoms with Crippen molar-refractivity contribution in [2.24, 2.45) is 5.92 Å². The van der Waals surface area contributed by atoms with Crippen molar-refractivity contribution in [3.05, 3.63) is 5.82 Å². The largest absolute Gasteiger partial charge is 0.456 e. The van der Waals surface area contributed by atoms with Crippen molar-refractivity contribution < 1.29 is 19.1 Å². The predicted molar refractivity (Wildman–Crippen MR) is 88.5 cm³/mol. The molecule has 0 unspecified atom stereocenters. The van der Waals surface area contributed by atoms with E-state index in [-0.39, 0.29) is 18.4 Å². The van der Waals surface area contributed by atoms with Crippen LogP contribution in [0.3, 0.4) is 0 Å². The molecule has 10 nitrogen and oxygen atoms in total. The van der Waals surface area contributed by atoms with Gasteiger partial charge in [-0.3, -0.25) is 14.5 Å². The zero-order chi connectivity index (χ0) is 18.7. The minimum atomic E-state index is -0.874. The molecule has 1 spiro atoms. The first-order valence-corrected chi connectivity index (χ1v) is 9.02. The molecule has 2 heterocycles. The van der Waals surface area contributed by atoms with E-state index < -0.39 is 24.1 Å². The average molecular weight is 364 g/mol. The molecule has 1 N–H and O–H groups in total. The lowest BCUT2D eigenvalue weighted by Gasteiger charge is -2.36. The van der Waals surface area contributed by atoms with Crippen molar-refractivity contribution in [2.45, 2.75) is 64.6 Å². The zero-order valence-electron chi connectivity index (χ0n) is 15.1. The summed E-state index contributed by atoms with van der Waals surface area (Å²) in [6.45, 7) is 4.06. The van der Waals surface area contributed by atoms with Crippen molar-refractivity contribution in [3.63, 3.8) is 0 Å². The molecule has 0 aromatic carbocycles. The quantitative estimate of drug-likeness (QED) is 0.580. The van der Waals surface area contributed by atoms with Crippen LogP contribution in [0.1, 0.15) is 51.8 Å². The van der Waals surface area contributed by atoms with E-state index >= 15 is 0 Å². The van der Waals surface area contributed by atoms with Crippen LogP contribution in [0.5, 0.6) is 0 Å². The highest BCUT2D eigenvalue weighted by Gasteiger charge is 2.55. The lowest BCUT2D eigenvalue weighted by molar-refractivity contribution is -0.149. The highest BCUT2D eigenvalue weighted by atomic mass is 16.5. The maximum Gasteiger partial charge on any atom is 0.326 e. The Morgan fingerprint density at radius 2 is 2.19 bits per heavy atom. The van der Waals surface area contributed by atoms with E-state index in [1.165, 1.54) is 0 Å². The van der Waals surface area contributed by atoms with Crippen LogP contribution in [0.2, 0.25) is 0 Å². The van der Waals surface area contributed by atoms with Gasteiger partial charge in [0.1, 0.15) is 12.1 Å². The number of esters is 1. The van der Waals surface area contributed by atoms with Crippen molar-refractivity contribution >= 4 is 17.9 Å². The standard InChI is InChI=1S/C16H24N6O4/c1-3-8-22-12(18-19-20-22)10-26-13(23)9-21-14(24)16(17-15(21)25)7-5-4-6-11(16)2/h11H,3-10H2,1-2H3,(H,17,25)/t11-,16-/m1/s1. The Bertz CT molecular complexity index is 705. The smallest absolute Gasteiger partial charge is 0.326 e. The summed E-state index contributed by atoms with van der Waals surface area (Å²) in [5.41, 5.74) is -0.874. The molecule has 142 valence electrons. The second-order valence-corrected chi connectivity index (χ2v) is 6.92. The van der Waals surface area contributed by atoms with Gasteiger partial charge in [0.25, 0.3) is 5.91 Å². The van der Waals surface area contributed by atoms with Crippen LogP contribution >= 0.6 is 0 Å². The number of aryl methyl sites for hydroxylation is 1. The number of tetrazole rings is 1. The van der Waals surface area contributed by atoms with Crippen LogP contribution < -0.4 is 5.32 Å². The maximum absolute atomic E-state index is 12.8. The molecular weight excluding hydrogens is 340 g/mol.